The molecule has 2 saturated heterocycles. The van der Waals surface area contributed by atoms with E-state index in [1.165, 1.54) is 0 Å². The average Bonchev–Trinajstić information content (AvgIpc) is 2.25. The van der Waals surface area contributed by atoms with E-state index in [-0.39, 0.29) is 24.3 Å². The molecule has 6 heteroatoms. The van der Waals surface area contributed by atoms with E-state index in [2.05, 4.69) is 5.32 Å². The molecule has 0 aromatic rings. The number of aliphatic carboxylic acids is 1. The molecule has 102 valence electrons. The fraction of sp³-hybridized carbons (Fsp3) is 0.833. The van der Waals surface area contributed by atoms with Crippen LogP contribution >= 0.6 is 11.8 Å². The molecule has 18 heavy (non-hydrogen) atoms. The summed E-state index contributed by atoms with van der Waals surface area (Å²) >= 11 is 1.74. The van der Waals surface area contributed by atoms with Crippen molar-refractivity contribution in [3.8, 4) is 0 Å². The van der Waals surface area contributed by atoms with Crippen molar-refractivity contribution in [2.24, 2.45) is 11.8 Å². The van der Waals surface area contributed by atoms with Gasteiger partial charge in [0.2, 0.25) is 5.91 Å². The van der Waals surface area contributed by atoms with Crippen LogP contribution < -0.4 is 5.32 Å². The molecule has 0 aliphatic carbocycles. The zero-order valence-corrected chi connectivity index (χ0v) is 11.4. The Morgan fingerprint density at radius 2 is 2.22 bits per heavy atom. The number of hydrogen-bond acceptors (Lipinski definition) is 4. The highest BCUT2D eigenvalue weighted by Crippen LogP contribution is 2.25. The first-order chi connectivity index (χ1) is 8.59. The number of carbonyl (C=O) groups excluding carboxylic acids is 1. The van der Waals surface area contributed by atoms with E-state index in [0.717, 1.165) is 24.6 Å². The third kappa shape index (κ3) is 2.98. The van der Waals surface area contributed by atoms with Crippen LogP contribution in [0.2, 0.25) is 0 Å². The lowest BCUT2D eigenvalue weighted by atomic mass is 9.87. The van der Waals surface area contributed by atoms with Crippen molar-refractivity contribution in [3.63, 3.8) is 0 Å². The second-order valence-corrected chi connectivity index (χ2v) is 6.22. The Morgan fingerprint density at radius 3 is 2.78 bits per heavy atom. The van der Waals surface area contributed by atoms with Crippen molar-refractivity contribution in [1.82, 2.24) is 10.2 Å². The monoisotopic (exact) mass is 272 g/mol. The lowest BCUT2D eigenvalue weighted by Gasteiger charge is -2.40. The first kappa shape index (κ1) is 13.7. The van der Waals surface area contributed by atoms with Crippen LogP contribution in [0.1, 0.15) is 13.3 Å². The number of hydrogen-bond donors (Lipinski definition) is 2. The first-order valence-corrected chi connectivity index (χ1v) is 7.55. The van der Waals surface area contributed by atoms with Crippen LogP contribution in [0.15, 0.2) is 0 Å². The molecule has 0 radical (unpaired) electrons. The summed E-state index contributed by atoms with van der Waals surface area (Å²) < 4.78 is 0. The van der Waals surface area contributed by atoms with E-state index in [4.69, 9.17) is 5.11 Å². The van der Waals surface area contributed by atoms with Gasteiger partial charge in [0, 0.05) is 24.0 Å². The van der Waals surface area contributed by atoms with Gasteiger partial charge in [-0.1, -0.05) is 6.92 Å². The van der Waals surface area contributed by atoms with Crippen LogP contribution in [-0.2, 0) is 9.59 Å². The molecule has 2 N–H and O–H groups in total. The van der Waals surface area contributed by atoms with Crippen LogP contribution in [0.25, 0.3) is 0 Å². The van der Waals surface area contributed by atoms with Gasteiger partial charge in [0.15, 0.2) is 0 Å². The van der Waals surface area contributed by atoms with E-state index in [1.54, 1.807) is 16.7 Å². The van der Waals surface area contributed by atoms with Crippen LogP contribution in [0.3, 0.4) is 0 Å². The van der Waals surface area contributed by atoms with Gasteiger partial charge in [0.1, 0.15) is 0 Å². The molecule has 0 aromatic carbocycles. The largest absolute Gasteiger partial charge is 0.481 e. The molecular weight excluding hydrogens is 252 g/mol. The normalized spacial score (nSPS) is 26.5. The number of carbonyl (C=O) groups is 2. The minimum atomic E-state index is -0.821. The van der Waals surface area contributed by atoms with Gasteiger partial charge in [-0.25, -0.2) is 0 Å². The fourth-order valence-corrected chi connectivity index (χ4v) is 3.51. The molecule has 2 aliphatic heterocycles. The van der Waals surface area contributed by atoms with E-state index in [0.29, 0.717) is 12.5 Å². The summed E-state index contributed by atoms with van der Waals surface area (Å²) in [7, 11) is 0. The molecule has 2 unspecified atom stereocenters. The van der Waals surface area contributed by atoms with Crippen LogP contribution in [0.5, 0.6) is 0 Å². The molecule has 5 nitrogen and oxygen atoms in total. The second kappa shape index (κ2) is 5.93. The maximum absolute atomic E-state index is 12.4. The lowest BCUT2D eigenvalue weighted by Crippen LogP contribution is -2.54. The quantitative estimate of drug-likeness (QED) is 0.768. The van der Waals surface area contributed by atoms with Gasteiger partial charge in [-0.05, 0) is 19.0 Å². The Balaban J connectivity index is 1.98. The lowest BCUT2D eigenvalue weighted by molar-refractivity contribution is -0.143. The summed E-state index contributed by atoms with van der Waals surface area (Å²) in [5.41, 5.74) is 0. The fourth-order valence-electron chi connectivity index (χ4n) is 2.44. The van der Waals surface area contributed by atoms with E-state index in [1.807, 2.05) is 6.92 Å². The van der Waals surface area contributed by atoms with Crippen molar-refractivity contribution in [2.45, 2.75) is 19.4 Å². The van der Waals surface area contributed by atoms with Crippen molar-refractivity contribution in [2.75, 3.05) is 31.1 Å². The molecular formula is C12H20N2O3S. The Morgan fingerprint density at radius 1 is 1.50 bits per heavy atom. The molecule has 2 fully saturated rings. The zero-order valence-electron chi connectivity index (χ0n) is 10.6. The van der Waals surface area contributed by atoms with Crippen molar-refractivity contribution in [1.29, 1.82) is 0 Å². The molecule has 2 rings (SSSR count). The minimum Gasteiger partial charge on any atom is -0.481 e. The van der Waals surface area contributed by atoms with Crippen molar-refractivity contribution < 1.29 is 14.7 Å². The van der Waals surface area contributed by atoms with Crippen molar-refractivity contribution in [3.05, 3.63) is 0 Å². The third-order valence-electron chi connectivity index (χ3n) is 3.83. The third-order valence-corrected chi connectivity index (χ3v) is 4.92. The van der Waals surface area contributed by atoms with E-state index < -0.39 is 5.97 Å². The Bertz CT molecular complexity index is 333. The molecule has 1 amide bonds. The van der Waals surface area contributed by atoms with Gasteiger partial charge < -0.3 is 15.3 Å². The molecule has 0 aromatic heterocycles. The smallest absolute Gasteiger partial charge is 0.305 e. The standard InChI is InChI=1S/C12H20N2O3S/c1-8(9-5-13-6-9)12(17)14-2-3-18-7-10(14)4-11(15)16/h8-10,13H,2-7H2,1H3,(H,15,16). The van der Waals surface area contributed by atoms with Gasteiger partial charge >= 0.3 is 5.97 Å². The van der Waals surface area contributed by atoms with Gasteiger partial charge in [0.25, 0.3) is 0 Å². The molecule has 2 heterocycles. The highest BCUT2D eigenvalue weighted by Gasteiger charge is 2.36. The molecule has 2 atom stereocenters. The van der Waals surface area contributed by atoms with Crippen LogP contribution in [-0.4, -0.2) is 59.1 Å². The number of rotatable bonds is 4. The second-order valence-electron chi connectivity index (χ2n) is 5.07. The Kier molecular flexibility index (Phi) is 4.50. The van der Waals surface area contributed by atoms with Gasteiger partial charge in [-0.2, -0.15) is 11.8 Å². The Hall–Kier alpha value is -0.750. The highest BCUT2D eigenvalue weighted by atomic mass is 32.2. The van der Waals surface area contributed by atoms with Gasteiger partial charge in [-0.15, -0.1) is 0 Å². The molecule has 0 spiro atoms. The summed E-state index contributed by atoms with van der Waals surface area (Å²) in [5, 5.41) is 12.1. The molecule has 2 aliphatic rings. The number of nitrogens with zero attached hydrogens (tertiary/aromatic N) is 1. The number of amides is 1. The van der Waals surface area contributed by atoms with E-state index >= 15 is 0 Å². The summed E-state index contributed by atoms with van der Waals surface area (Å²) in [5.74, 6) is 1.39. The maximum atomic E-state index is 12.4. The van der Waals surface area contributed by atoms with Crippen LogP contribution in [0.4, 0.5) is 0 Å². The number of thioether (sulfide) groups is 1. The summed E-state index contributed by atoms with van der Waals surface area (Å²) in [6, 6.07) is -0.135. The van der Waals surface area contributed by atoms with Gasteiger partial charge in [-0.3, -0.25) is 9.59 Å². The topological polar surface area (TPSA) is 69.6 Å². The SMILES string of the molecule is CC(C(=O)N1CCSCC1CC(=O)O)C1CNC1. The summed E-state index contributed by atoms with van der Waals surface area (Å²) in [6.07, 6.45) is 0.0639. The van der Waals surface area contributed by atoms with E-state index in [9.17, 15) is 9.59 Å². The number of carboxylic acids is 1. The Labute approximate surface area is 111 Å². The van der Waals surface area contributed by atoms with Crippen LogP contribution in [0, 0.1) is 11.8 Å². The maximum Gasteiger partial charge on any atom is 0.305 e. The minimum absolute atomic E-state index is 0.00523. The summed E-state index contributed by atoms with van der Waals surface area (Å²) in [6.45, 7) is 4.46. The number of nitrogens with one attached hydrogen (secondary N) is 1. The first-order valence-electron chi connectivity index (χ1n) is 6.40. The predicted octanol–water partition coefficient (Wildman–Crippen LogP) is 0.261. The van der Waals surface area contributed by atoms with Crippen molar-refractivity contribution >= 4 is 23.6 Å². The number of carboxylic acid groups (broad SMARTS) is 1. The zero-order chi connectivity index (χ0) is 13.1. The van der Waals surface area contributed by atoms with Gasteiger partial charge in [0.05, 0.1) is 12.5 Å². The molecule has 0 saturated carbocycles. The average molecular weight is 272 g/mol. The summed E-state index contributed by atoms with van der Waals surface area (Å²) in [4.78, 5) is 25.1. The predicted molar refractivity (Wildman–Crippen MR) is 70.6 cm³/mol. The highest BCUT2D eigenvalue weighted by molar-refractivity contribution is 7.99. The molecule has 0 bridgehead atoms.